The first-order valence-corrected chi connectivity index (χ1v) is 9.34. The van der Waals surface area contributed by atoms with E-state index in [0.29, 0.717) is 31.5 Å². The number of hydrogen-bond donors (Lipinski definition) is 0. The molecule has 1 aliphatic rings. The molecule has 0 N–H and O–H groups in total. The van der Waals surface area contributed by atoms with Gasteiger partial charge in [0.25, 0.3) is 5.91 Å². The Morgan fingerprint density at radius 2 is 1.63 bits per heavy atom. The lowest BCUT2D eigenvalue weighted by atomic mass is 9.94. The van der Waals surface area contributed by atoms with Gasteiger partial charge >= 0.3 is 0 Å². The van der Waals surface area contributed by atoms with Crippen LogP contribution in [0.25, 0.3) is 0 Å². The maximum absolute atomic E-state index is 13.0. The predicted molar refractivity (Wildman–Crippen MR) is 103 cm³/mol. The lowest BCUT2D eigenvalue weighted by molar-refractivity contribution is -0.137. The smallest absolute Gasteiger partial charge is 0.253 e. The molecular weight excluding hydrogens is 343 g/mol. The van der Waals surface area contributed by atoms with Gasteiger partial charge in [0, 0.05) is 31.6 Å². The summed E-state index contributed by atoms with van der Waals surface area (Å²) in [7, 11) is 1.84. The maximum atomic E-state index is 13.0. The summed E-state index contributed by atoms with van der Waals surface area (Å²) in [5.41, 5.74) is 1.59. The van der Waals surface area contributed by atoms with E-state index in [2.05, 4.69) is 0 Å². The van der Waals surface area contributed by atoms with Gasteiger partial charge in [-0.05, 0) is 49.6 Å². The van der Waals surface area contributed by atoms with E-state index in [0.717, 1.165) is 5.56 Å². The highest BCUT2D eigenvalue weighted by Crippen LogP contribution is 2.25. The van der Waals surface area contributed by atoms with Gasteiger partial charge < -0.3 is 9.80 Å². The first-order valence-electron chi connectivity index (χ1n) is 9.34. The minimum atomic E-state index is -0.355. The number of piperidine rings is 1. The zero-order chi connectivity index (χ0) is 19.4. The van der Waals surface area contributed by atoms with Crippen LogP contribution in [0.5, 0.6) is 0 Å². The number of carbonyl (C=O) groups excluding carboxylic acids is 2. The van der Waals surface area contributed by atoms with Crippen LogP contribution >= 0.6 is 0 Å². The van der Waals surface area contributed by atoms with Crippen molar-refractivity contribution in [1.82, 2.24) is 9.80 Å². The Morgan fingerprint density at radius 3 is 2.22 bits per heavy atom. The third-order valence-electron chi connectivity index (χ3n) is 5.43. The molecular formula is C22H25FN2O2. The summed E-state index contributed by atoms with van der Waals surface area (Å²) in [6.45, 7) is 3.11. The summed E-state index contributed by atoms with van der Waals surface area (Å²) < 4.78 is 13.0. The monoisotopic (exact) mass is 368 g/mol. The molecule has 1 heterocycles. The van der Waals surface area contributed by atoms with Crippen LogP contribution in [0.3, 0.4) is 0 Å². The van der Waals surface area contributed by atoms with Gasteiger partial charge in [-0.15, -0.1) is 0 Å². The van der Waals surface area contributed by atoms with E-state index in [9.17, 15) is 14.0 Å². The summed E-state index contributed by atoms with van der Waals surface area (Å²) in [5.74, 6) is -0.406. The fraction of sp³-hybridized carbons (Fsp3) is 0.364. The van der Waals surface area contributed by atoms with Gasteiger partial charge in [-0.2, -0.15) is 0 Å². The minimum Gasteiger partial charge on any atom is -0.339 e. The van der Waals surface area contributed by atoms with E-state index in [4.69, 9.17) is 0 Å². The largest absolute Gasteiger partial charge is 0.339 e. The van der Waals surface area contributed by atoms with E-state index in [1.807, 2.05) is 44.3 Å². The summed E-state index contributed by atoms with van der Waals surface area (Å²) in [4.78, 5) is 29.0. The van der Waals surface area contributed by atoms with Crippen LogP contribution in [0, 0.1) is 11.7 Å². The van der Waals surface area contributed by atoms with Gasteiger partial charge in [-0.3, -0.25) is 9.59 Å². The van der Waals surface area contributed by atoms with Crippen molar-refractivity contribution in [3.63, 3.8) is 0 Å². The van der Waals surface area contributed by atoms with Crippen molar-refractivity contribution < 1.29 is 14.0 Å². The molecule has 1 atom stereocenters. The van der Waals surface area contributed by atoms with Crippen LogP contribution in [0.4, 0.5) is 4.39 Å². The number of hydrogen-bond acceptors (Lipinski definition) is 2. The molecule has 4 nitrogen and oxygen atoms in total. The second-order valence-electron chi connectivity index (χ2n) is 7.11. The van der Waals surface area contributed by atoms with Gasteiger partial charge in [0.1, 0.15) is 5.82 Å². The zero-order valence-corrected chi connectivity index (χ0v) is 15.8. The molecule has 3 rings (SSSR count). The highest BCUT2D eigenvalue weighted by atomic mass is 19.1. The molecule has 1 fully saturated rings. The number of carbonyl (C=O) groups is 2. The van der Waals surface area contributed by atoms with Crippen LogP contribution in [0.1, 0.15) is 41.7 Å². The molecule has 0 aromatic heterocycles. The van der Waals surface area contributed by atoms with E-state index >= 15 is 0 Å². The number of benzene rings is 2. The Labute approximate surface area is 159 Å². The number of amides is 2. The van der Waals surface area contributed by atoms with Crippen molar-refractivity contribution in [3.8, 4) is 0 Å². The van der Waals surface area contributed by atoms with Crippen LogP contribution < -0.4 is 0 Å². The lowest BCUT2D eigenvalue weighted by Gasteiger charge is -2.35. The van der Waals surface area contributed by atoms with E-state index in [1.165, 1.54) is 24.3 Å². The molecule has 2 amide bonds. The number of halogens is 1. The molecule has 27 heavy (non-hydrogen) atoms. The average molecular weight is 368 g/mol. The highest BCUT2D eigenvalue weighted by molar-refractivity contribution is 5.94. The van der Waals surface area contributed by atoms with Crippen molar-refractivity contribution in [2.45, 2.75) is 25.8 Å². The Kier molecular flexibility index (Phi) is 5.89. The second-order valence-corrected chi connectivity index (χ2v) is 7.11. The minimum absolute atomic E-state index is 0.0116. The number of nitrogens with zero attached hydrogens (tertiary/aromatic N) is 2. The fourth-order valence-electron chi connectivity index (χ4n) is 3.54. The van der Waals surface area contributed by atoms with Crippen molar-refractivity contribution >= 4 is 11.8 Å². The highest BCUT2D eigenvalue weighted by Gasteiger charge is 2.31. The third-order valence-corrected chi connectivity index (χ3v) is 5.43. The second kappa shape index (κ2) is 8.33. The van der Waals surface area contributed by atoms with Crippen molar-refractivity contribution in [1.29, 1.82) is 0 Å². The SMILES string of the molecule is CC(c1ccccc1)N(C)C(=O)C1CCN(C(=O)c2ccc(F)cc2)CC1. The molecule has 0 radical (unpaired) electrons. The van der Waals surface area contributed by atoms with Gasteiger partial charge in [0.05, 0.1) is 6.04 Å². The van der Waals surface area contributed by atoms with Crippen LogP contribution in [0.2, 0.25) is 0 Å². The quantitative estimate of drug-likeness (QED) is 0.821. The van der Waals surface area contributed by atoms with Gasteiger partial charge in [-0.1, -0.05) is 30.3 Å². The molecule has 1 aliphatic heterocycles. The van der Waals surface area contributed by atoms with Crippen LogP contribution in [-0.2, 0) is 4.79 Å². The maximum Gasteiger partial charge on any atom is 0.253 e. The molecule has 2 aromatic rings. The van der Waals surface area contributed by atoms with Gasteiger partial charge in [0.15, 0.2) is 0 Å². The van der Waals surface area contributed by atoms with Crippen molar-refractivity contribution in [2.75, 3.05) is 20.1 Å². The van der Waals surface area contributed by atoms with Crippen molar-refractivity contribution in [2.24, 2.45) is 5.92 Å². The molecule has 1 unspecified atom stereocenters. The molecule has 0 bridgehead atoms. The van der Waals surface area contributed by atoms with Gasteiger partial charge in [-0.25, -0.2) is 4.39 Å². The molecule has 0 saturated carbocycles. The molecule has 0 aliphatic carbocycles. The van der Waals surface area contributed by atoms with E-state index in [-0.39, 0.29) is 29.6 Å². The topological polar surface area (TPSA) is 40.6 Å². The zero-order valence-electron chi connectivity index (χ0n) is 15.8. The summed E-state index contributed by atoms with van der Waals surface area (Å²) in [6.07, 6.45) is 1.30. The number of rotatable bonds is 4. The van der Waals surface area contributed by atoms with E-state index < -0.39 is 0 Å². The standard InChI is InChI=1S/C22H25FN2O2/c1-16(17-6-4-3-5-7-17)24(2)21(26)19-12-14-25(15-13-19)22(27)18-8-10-20(23)11-9-18/h3-11,16,19H,12-15H2,1-2H3. The molecule has 0 spiro atoms. The normalized spacial score (nSPS) is 16.0. The van der Waals surface area contributed by atoms with Crippen LogP contribution in [-0.4, -0.2) is 41.8 Å². The summed E-state index contributed by atoms with van der Waals surface area (Å²) in [5, 5.41) is 0. The Morgan fingerprint density at radius 1 is 1.04 bits per heavy atom. The first-order chi connectivity index (χ1) is 13.0. The summed E-state index contributed by atoms with van der Waals surface area (Å²) >= 11 is 0. The Hall–Kier alpha value is -2.69. The van der Waals surface area contributed by atoms with Crippen molar-refractivity contribution in [3.05, 3.63) is 71.5 Å². The van der Waals surface area contributed by atoms with E-state index in [1.54, 1.807) is 9.80 Å². The molecule has 5 heteroatoms. The number of likely N-dealkylation sites (tertiary alicyclic amines) is 1. The lowest BCUT2D eigenvalue weighted by Crippen LogP contribution is -2.44. The van der Waals surface area contributed by atoms with Crippen LogP contribution in [0.15, 0.2) is 54.6 Å². The Bertz CT molecular complexity index is 784. The predicted octanol–water partition coefficient (Wildman–Crippen LogP) is 3.90. The summed E-state index contributed by atoms with van der Waals surface area (Å²) in [6, 6.07) is 15.6. The first kappa shape index (κ1) is 19.1. The fourth-order valence-corrected chi connectivity index (χ4v) is 3.54. The molecule has 142 valence electrons. The third kappa shape index (κ3) is 4.35. The molecule has 2 aromatic carbocycles. The van der Waals surface area contributed by atoms with Gasteiger partial charge in [0.2, 0.25) is 5.91 Å². The molecule has 1 saturated heterocycles. The average Bonchev–Trinajstić information content (AvgIpc) is 2.73. The Balaban J connectivity index is 1.57.